The molecule has 1 saturated heterocycles. The van der Waals surface area contributed by atoms with Gasteiger partial charge in [-0.25, -0.2) is 8.42 Å². The average Bonchev–Trinajstić information content (AvgIpc) is 2.78. The molecule has 24 heavy (non-hydrogen) atoms. The molecule has 0 aromatic heterocycles. The lowest BCUT2D eigenvalue weighted by Gasteiger charge is -2.32. The van der Waals surface area contributed by atoms with Gasteiger partial charge in [-0.3, -0.25) is 9.10 Å². The Morgan fingerprint density at radius 2 is 1.96 bits per heavy atom. The molecule has 1 fully saturated rings. The zero-order valence-corrected chi connectivity index (χ0v) is 14.4. The first-order valence-electron chi connectivity index (χ1n) is 8.31. The molecule has 6 heteroatoms. The molecule has 1 atom stereocenters. The van der Waals surface area contributed by atoms with E-state index in [2.05, 4.69) is 6.92 Å². The number of rotatable bonds is 2. The quantitative estimate of drug-likeness (QED) is 0.841. The predicted molar refractivity (Wildman–Crippen MR) is 93.5 cm³/mol. The highest BCUT2D eigenvalue weighted by molar-refractivity contribution is 7.93. The number of hydrogen-bond acceptors (Lipinski definition) is 3. The highest BCUT2D eigenvalue weighted by Crippen LogP contribution is 2.41. The second-order valence-electron chi connectivity index (χ2n) is 6.73. The molecule has 0 unspecified atom stereocenters. The van der Waals surface area contributed by atoms with E-state index in [-0.39, 0.29) is 12.5 Å². The number of hydrogen-bond donors (Lipinski definition) is 0. The van der Waals surface area contributed by atoms with E-state index >= 15 is 0 Å². The normalized spacial score (nSPS) is 22.1. The molecule has 4 rings (SSSR count). The minimum absolute atomic E-state index is 0.116. The Kier molecular flexibility index (Phi) is 3.53. The SMILES string of the molecule is C[C@H]1CCCN(C(=O)CN2c3cccc4cccc(c34)S2(=O)=O)C1. The lowest BCUT2D eigenvalue weighted by atomic mass is 10.0. The van der Waals surface area contributed by atoms with Crippen LogP contribution in [0.3, 0.4) is 0 Å². The topological polar surface area (TPSA) is 57.7 Å². The van der Waals surface area contributed by atoms with Gasteiger partial charge in [-0.2, -0.15) is 0 Å². The molecule has 2 aliphatic heterocycles. The van der Waals surface area contributed by atoms with Gasteiger partial charge in [0.1, 0.15) is 6.54 Å². The number of benzene rings is 2. The molecule has 0 aliphatic carbocycles. The van der Waals surface area contributed by atoms with Gasteiger partial charge in [0.15, 0.2) is 0 Å². The van der Waals surface area contributed by atoms with Crippen LogP contribution in [0.5, 0.6) is 0 Å². The van der Waals surface area contributed by atoms with Crippen molar-refractivity contribution in [1.82, 2.24) is 4.90 Å². The fourth-order valence-corrected chi connectivity index (χ4v) is 5.43. The molecule has 0 radical (unpaired) electrons. The molecule has 2 aliphatic rings. The molecule has 126 valence electrons. The highest BCUT2D eigenvalue weighted by atomic mass is 32.2. The molecule has 0 N–H and O–H groups in total. The number of nitrogens with zero attached hydrogens (tertiary/aromatic N) is 2. The first-order valence-corrected chi connectivity index (χ1v) is 9.75. The van der Waals surface area contributed by atoms with Crippen LogP contribution in [0.15, 0.2) is 41.3 Å². The predicted octanol–water partition coefficient (Wildman–Crippen LogP) is 2.61. The summed E-state index contributed by atoms with van der Waals surface area (Å²) in [5.74, 6) is 0.355. The number of likely N-dealkylation sites (tertiary alicyclic amines) is 1. The molecule has 5 nitrogen and oxygen atoms in total. The molecular weight excluding hydrogens is 324 g/mol. The first-order chi connectivity index (χ1) is 11.5. The Hall–Kier alpha value is -2.08. The zero-order valence-electron chi connectivity index (χ0n) is 13.6. The zero-order chi connectivity index (χ0) is 16.9. The first kappa shape index (κ1) is 15.4. The summed E-state index contributed by atoms with van der Waals surface area (Å²) in [5, 5.41) is 1.61. The van der Waals surface area contributed by atoms with Crippen LogP contribution in [0, 0.1) is 5.92 Å². The van der Waals surface area contributed by atoms with Crippen molar-refractivity contribution in [3.05, 3.63) is 36.4 Å². The molecular formula is C18H20N2O3S. The van der Waals surface area contributed by atoms with Crippen molar-refractivity contribution < 1.29 is 13.2 Å². The maximum atomic E-state index is 12.9. The van der Waals surface area contributed by atoms with Crippen molar-refractivity contribution in [2.45, 2.75) is 24.7 Å². The third kappa shape index (κ3) is 2.28. The van der Waals surface area contributed by atoms with Crippen molar-refractivity contribution in [3.63, 3.8) is 0 Å². The molecule has 2 heterocycles. The molecule has 2 aromatic carbocycles. The van der Waals surface area contributed by atoms with Crippen molar-refractivity contribution in [1.29, 1.82) is 0 Å². The summed E-state index contributed by atoms with van der Waals surface area (Å²) < 4.78 is 27.1. The van der Waals surface area contributed by atoms with E-state index in [1.54, 1.807) is 23.1 Å². The molecule has 0 bridgehead atoms. The van der Waals surface area contributed by atoms with E-state index in [0.717, 1.165) is 23.6 Å². The largest absolute Gasteiger partial charge is 0.341 e. The van der Waals surface area contributed by atoms with Crippen molar-refractivity contribution in [2.24, 2.45) is 5.92 Å². The number of piperidine rings is 1. The summed E-state index contributed by atoms with van der Waals surface area (Å²) in [4.78, 5) is 14.8. The Bertz CT molecular complexity index is 918. The van der Waals surface area contributed by atoms with Gasteiger partial charge in [0.05, 0.1) is 10.6 Å². The average molecular weight is 344 g/mol. The lowest BCUT2D eigenvalue weighted by Crippen LogP contribution is -2.45. The number of carbonyl (C=O) groups is 1. The summed E-state index contributed by atoms with van der Waals surface area (Å²) in [6.45, 7) is 3.43. The Balaban J connectivity index is 1.70. The molecule has 2 aromatic rings. The Morgan fingerprint density at radius 3 is 2.71 bits per heavy atom. The van der Waals surface area contributed by atoms with Crippen molar-refractivity contribution in [3.8, 4) is 0 Å². The summed E-state index contributed by atoms with van der Waals surface area (Å²) in [6, 6.07) is 10.8. The van der Waals surface area contributed by atoms with Crippen LogP contribution in [-0.4, -0.2) is 38.9 Å². The molecule has 0 spiro atoms. The standard InChI is InChI=1S/C18H20N2O3S/c1-13-5-4-10-19(11-13)17(21)12-20-15-8-2-6-14-7-3-9-16(18(14)15)24(20,22)23/h2-3,6-9,13H,4-5,10-12H2,1H3/t13-/m0/s1. The van der Waals surface area contributed by atoms with Crippen LogP contribution in [0.1, 0.15) is 19.8 Å². The third-order valence-electron chi connectivity index (χ3n) is 4.97. The molecule has 1 amide bonds. The third-order valence-corrected chi connectivity index (χ3v) is 6.77. The highest BCUT2D eigenvalue weighted by Gasteiger charge is 2.37. The minimum atomic E-state index is -3.66. The van der Waals surface area contributed by atoms with E-state index in [9.17, 15) is 13.2 Å². The van der Waals surface area contributed by atoms with Gasteiger partial charge in [0.2, 0.25) is 5.91 Å². The van der Waals surface area contributed by atoms with Gasteiger partial charge in [-0.15, -0.1) is 0 Å². The van der Waals surface area contributed by atoms with Gasteiger partial charge in [0, 0.05) is 18.5 Å². The maximum Gasteiger partial charge on any atom is 0.265 e. The van der Waals surface area contributed by atoms with Crippen LogP contribution < -0.4 is 4.31 Å². The van der Waals surface area contributed by atoms with Crippen LogP contribution in [0.25, 0.3) is 10.8 Å². The minimum Gasteiger partial charge on any atom is -0.341 e. The van der Waals surface area contributed by atoms with Crippen LogP contribution >= 0.6 is 0 Å². The molecule has 0 saturated carbocycles. The van der Waals surface area contributed by atoms with E-state index in [0.29, 0.717) is 29.6 Å². The Morgan fingerprint density at radius 1 is 1.21 bits per heavy atom. The van der Waals surface area contributed by atoms with E-state index in [1.807, 2.05) is 18.2 Å². The number of sulfonamides is 1. The summed E-state index contributed by atoms with van der Waals surface area (Å²) >= 11 is 0. The van der Waals surface area contributed by atoms with Gasteiger partial charge in [0.25, 0.3) is 10.0 Å². The van der Waals surface area contributed by atoms with Gasteiger partial charge < -0.3 is 4.90 Å². The van der Waals surface area contributed by atoms with Crippen LogP contribution in [0.4, 0.5) is 5.69 Å². The van der Waals surface area contributed by atoms with E-state index in [4.69, 9.17) is 0 Å². The van der Waals surface area contributed by atoms with E-state index < -0.39 is 10.0 Å². The number of amides is 1. The monoisotopic (exact) mass is 344 g/mol. The summed E-state index contributed by atoms with van der Waals surface area (Å²) in [5.41, 5.74) is 0.613. The van der Waals surface area contributed by atoms with Crippen LogP contribution in [-0.2, 0) is 14.8 Å². The van der Waals surface area contributed by atoms with Gasteiger partial charge in [-0.05, 0) is 36.3 Å². The fourth-order valence-electron chi connectivity index (χ4n) is 3.77. The number of carbonyl (C=O) groups excluding carboxylic acids is 1. The maximum absolute atomic E-state index is 12.9. The smallest absolute Gasteiger partial charge is 0.265 e. The van der Waals surface area contributed by atoms with Crippen molar-refractivity contribution >= 4 is 32.4 Å². The number of anilines is 1. The van der Waals surface area contributed by atoms with E-state index in [1.165, 1.54) is 4.31 Å². The van der Waals surface area contributed by atoms with Crippen LogP contribution in [0.2, 0.25) is 0 Å². The van der Waals surface area contributed by atoms with Gasteiger partial charge in [-0.1, -0.05) is 31.2 Å². The van der Waals surface area contributed by atoms with Crippen molar-refractivity contribution in [2.75, 3.05) is 23.9 Å². The summed E-state index contributed by atoms with van der Waals surface area (Å²) in [6.07, 6.45) is 2.10. The lowest BCUT2D eigenvalue weighted by molar-refractivity contribution is -0.131. The second kappa shape index (κ2) is 5.48. The summed E-state index contributed by atoms with van der Waals surface area (Å²) in [7, 11) is -3.66. The Labute approximate surface area is 141 Å². The van der Waals surface area contributed by atoms with Gasteiger partial charge >= 0.3 is 0 Å². The fraction of sp³-hybridized carbons (Fsp3) is 0.389. The second-order valence-corrected chi connectivity index (χ2v) is 8.56.